The Morgan fingerprint density at radius 1 is 1.00 bits per heavy atom. The zero-order chi connectivity index (χ0) is 19.3. The van der Waals surface area contributed by atoms with Crippen molar-refractivity contribution in [2.24, 2.45) is 5.92 Å². The van der Waals surface area contributed by atoms with Crippen LogP contribution in [-0.4, -0.2) is 23.1 Å². The third kappa shape index (κ3) is 4.37. The third-order valence-electron chi connectivity index (χ3n) is 5.25. The minimum absolute atomic E-state index is 0.582. The molecule has 0 atom stereocenters. The number of aromatic nitrogens is 2. The molecule has 28 heavy (non-hydrogen) atoms. The Morgan fingerprint density at radius 2 is 1.71 bits per heavy atom. The van der Waals surface area contributed by atoms with E-state index in [0.29, 0.717) is 22.4 Å². The number of nitrogens with zero attached hydrogens (tertiary/aromatic N) is 3. The topological polar surface area (TPSA) is 67.1 Å². The first-order valence-electron chi connectivity index (χ1n) is 9.61. The monoisotopic (exact) mass is 393 g/mol. The molecule has 2 heterocycles. The number of nitrogens with two attached hydrogens (primary N) is 1. The van der Waals surface area contributed by atoms with Crippen LogP contribution in [-0.2, 0) is 6.42 Å². The number of piperidine rings is 1. The van der Waals surface area contributed by atoms with Crippen LogP contribution in [0, 0.1) is 5.92 Å². The third-order valence-corrected chi connectivity index (χ3v) is 5.50. The molecule has 5 nitrogen and oxygen atoms in total. The van der Waals surface area contributed by atoms with Crippen LogP contribution < -0.4 is 16.0 Å². The van der Waals surface area contributed by atoms with Crippen molar-refractivity contribution in [1.29, 1.82) is 0 Å². The SMILES string of the molecule is Nc1c(Nc2ccc(Cl)cc2)ncnc1N1CCC(Cc2ccccc2)CC1. The smallest absolute Gasteiger partial charge is 0.159 e. The Hall–Kier alpha value is -2.79. The molecule has 1 aliphatic heterocycles. The Morgan fingerprint density at radius 3 is 2.43 bits per heavy atom. The number of halogens is 1. The molecule has 0 radical (unpaired) electrons. The molecule has 0 spiro atoms. The van der Waals surface area contributed by atoms with E-state index in [1.54, 1.807) is 6.33 Å². The van der Waals surface area contributed by atoms with Gasteiger partial charge in [-0.3, -0.25) is 0 Å². The summed E-state index contributed by atoms with van der Waals surface area (Å²) in [6, 6.07) is 18.2. The molecule has 6 heteroatoms. The fourth-order valence-corrected chi connectivity index (χ4v) is 3.83. The van der Waals surface area contributed by atoms with Gasteiger partial charge in [0.2, 0.25) is 0 Å². The lowest BCUT2D eigenvalue weighted by atomic mass is 9.90. The number of hydrogen-bond donors (Lipinski definition) is 2. The van der Waals surface area contributed by atoms with Gasteiger partial charge in [0.1, 0.15) is 12.0 Å². The Balaban J connectivity index is 1.41. The maximum Gasteiger partial charge on any atom is 0.159 e. The first-order valence-corrected chi connectivity index (χ1v) is 9.99. The van der Waals surface area contributed by atoms with Crippen LogP contribution in [0.4, 0.5) is 23.0 Å². The molecule has 144 valence electrons. The van der Waals surface area contributed by atoms with Gasteiger partial charge >= 0.3 is 0 Å². The molecule has 0 saturated carbocycles. The second kappa shape index (κ2) is 8.48. The van der Waals surface area contributed by atoms with E-state index in [-0.39, 0.29) is 0 Å². The zero-order valence-electron chi connectivity index (χ0n) is 15.7. The first-order chi connectivity index (χ1) is 13.7. The molecule has 1 aliphatic rings. The maximum absolute atomic E-state index is 6.39. The highest BCUT2D eigenvalue weighted by molar-refractivity contribution is 6.30. The van der Waals surface area contributed by atoms with E-state index in [1.165, 1.54) is 5.56 Å². The highest BCUT2D eigenvalue weighted by Crippen LogP contribution is 2.32. The van der Waals surface area contributed by atoms with E-state index in [1.807, 2.05) is 24.3 Å². The number of hydrogen-bond acceptors (Lipinski definition) is 5. The van der Waals surface area contributed by atoms with Crippen molar-refractivity contribution in [1.82, 2.24) is 9.97 Å². The van der Waals surface area contributed by atoms with E-state index >= 15 is 0 Å². The largest absolute Gasteiger partial charge is 0.393 e. The predicted octanol–water partition coefficient (Wildman–Crippen LogP) is 4.91. The van der Waals surface area contributed by atoms with Crippen molar-refractivity contribution in [2.75, 3.05) is 29.0 Å². The van der Waals surface area contributed by atoms with Crippen LogP contribution in [0.1, 0.15) is 18.4 Å². The molecule has 1 saturated heterocycles. The normalized spacial score (nSPS) is 14.8. The van der Waals surface area contributed by atoms with Gasteiger partial charge in [-0.2, -0.15) is 0 Å². The van der Waals surface area contributed by atoms with Crippen molar-refractivity contribution < 1.29 is 0 Å². The standard InChI is InChI=1S/C22H24ClN5/c23-18-6-8-19(9-7-18)27-21-20(24)22(26-15-25-21)28-12-10-17(11-13-28)14-16-4-2-1-3-5-16/h1-9,15,17H,10-14,24H2,(H,25,26,27). The fourth-order valence-electron chi connectivity index (χ4n) is 3.70. The average molecular weight is 394 g/mol. The van der Waals surface area contributed by atoms with Crippen molar-refractivity contribution in [3.05, 3.63) is 71.5 Å². The van der Waals surface area contributed by atoms with Gasteiger partial charge in [-0.15, -0.1) is 0 Å². The van der Waals surface area contributed by atoms with Crippen LogP contribution in [0.15, 0.2) is 60.9 Å². The van der Waals surface area contributed by atoms with Crippen molar-refractivity contribution in [3.63, 3.8) is 0 Å². The summed E-state index contributed by atoms with van der Waals surface area (Å²) >= 11 is 5.95. The van der Waals surface area contributed by atoms with Crippen LogP contribution in [0.25, 0.3) is 0 Å². The maximum atomic E-state index is 6.39. The lowest BCUT2D eigenvalue weighted by Crippen LogP contribution is -2.35. The van der Waals surface area contributed by atoms with Gasteiger partial charge in [0.15, 0.2) is 11.6 Å². The van der Waals surface area contributed by atoms with Crippen molar-refractivity contribution in [3.8, 4) is 0 Å². The summed E-state index contributed by atoms with van der Waals surface area (Å²) in [6.45, 7) is 1.91. The molecule has 4 rings (SSSR count). The molecule has 0 unspecified atom stereocenters. The van der Waals surface area contributed by atoms with Gasteiger partial charge in [-0.1, -0.05) is 41.9 Å². The predicted molar refractivity (Wildman–Crippen MR) is 116 cm³/mol. The lowest BCUT2D eigenvalue weighted by Gasteiger charge is -2.33. The molecule has 0 aliphatic carbocycles. The molecular formula is C22H24ClN5. The summed E-state index contributed by atoms with van der Waals surface area (Å²) in [5, 5.41) is 3.95. The summed E-state index contributed by atoms with van der Waals surface area (Å²) in [7, 11) is 0. The molecule has 1 fully saturated rings. The second-order valence-electron chi connectivity index (χ2n) is 7.21. The highest BCUT2D eigenvalue weighted by Gasteiger charge is 2.23. The van der Waals surface area contributed by atoms with E-state index < -0.39 is 0 Å². The molecular weight excluding hydrogens is 370 g/mol. The zero-order valence-corrected chi connectivity index (χ0v) is 16.4. The quantitative estimate of drug-likeness (QED) is 0.644. The van der Waals surface area contributed by atoms with Gasteiger partial charge in [0, 0.05) is 23.8 Å². The summed E-state index contributed by atoms with van der Waals surface area (Å²) in [5.41, 5.74) is 9.28. The number of nitrogen functional groups attached to an aromatic ring is 1. The van der Waals surface area contributed by atoms with E-state index in [4.69, 9.17) is 17.3 Å². The molecule has 0 amide bonds. The average Bonchev–Trinajstić information content (AvgIpc) is 2.73. The number of benzene rings is 2. The lowest BCUT2D eigenvalue weighted by molar-refractivity contribution is 0.402. The van der Waals surface area contributed by atoms with Gasteiger partial charge in [0.25, 0.3) is 0 Å². The van der Waals surface area contributed by atoms with E-state index in [2.05, 4.69) is 50.5 Å². The minimum Gasteiger partial charge on any atom is -0.393 e. The van der Waals surface area contributed by atoms with Crippen molar-refractivity contribution in [2.45, 2.75) is 19.3 Å². The van der Waals surface area contributed by atoms with Gasteiger partial charge in [-0.25, -0.2) is 9.97 Å². The molecule has 1 aromatic heterocycles. The van der Waals surface area contributed by atoms with Crippen LogP contribution in [0.2, 0.25) is 5.02 Å². The first kappa shape index (κ1) is 18.6. The highest BCUT2D eigenvalue weighted by atomic mass is 35.5. The Labute approximate surface area is 170 Å². The van der Waals surface area contributed by atoms with Crippen LogP contribution in [0.5, 0.6) is 0 Å². The van der Waals surface area contributed by atoms with Gasteiger partial charge in [0.05, 0.1) is 0 Å². The summed E-state index contributed by atoms with van der Waals surface area (Å²) in [4.78, 5) is 11.0. The Kier molecular flexibility index (Phi) is 5.63. The number of rotatable bonds is 5. The Bertz CT molecular complexity index is 906. The summed E-state index contributed by atoms with van der Waals surface area (Å²) < 4.78 is 0. The second-order valence-corrected chi connectivity index (χ2v) is 7.65. The fraction of sp³-hybridized carbons (Fsp3) is 0.273. The number of anilines is 4. The molecule has 2 aromatic carbocycles. The van der Waals surface area contributed by atoms with Gasteiger partial charge in [-0.05, 0) is 55.0 Å². The molecule has 0 bridgehead atoms. The van der Waals surface area contributed by atoms with Crippen molar-refractivity contribution >= 4 is 34.6 Å². The van der Waals surface area contributed by atoms with E-state index in [0.717, 1.165) is 43.9 Å². The molecule has 3 aromatic rings. The minimum atomic E-state index is 0.582. The number of nitrogens with one attached hydrogen (secondary N) is 1. The van der Waals surface area contributed by atoms with Gasteiger partial charge < -0.3 is 16.0 Å². The summed E-state index contributed by atoms with van der Waals surface area (Å²) in [5.74, 6) is 2.14. The van der Waals surface area contributed by atoms with Crippen LogP contribution in [0.3, 0.4) is 0 Å². The summed E-state index contributed by atoms with van der Waals surface area (Å²) in [6.07, 6.45) is 4.98. The van der Waals surface area contributed by atoms with E-state index in [9.17, 15) is 0 Å². The van der Waals surface area contributed by atoms with Crippen LogP contribution >= 0.6 is 11.6 Å². The molecule has 3 N–H and O–H groups in total.